The summed E-state index contributed by atoms with van der Waals surface area (Å²) in [5, 5.41) is 24.8. The van der Waals surface area contributed by atoms with Crippen molar-refractivity contribution in [2.75, 3.05) is 72.2 Å². The minimum Gasteiger partial charge on any atom is -0.508 e. The molecule has 2 saturated heterocycles. The number of nitrogens with zero attached hydrogens (tertiary/aromatic N) is 2. The molecule has 0 spiro atoms. The minimum absolute atomic E-state index is 0.0141. The number of ether oxygens (including phenoxy) is 3. The van der Waals surface area contributed by atoms with Crippen LogP contribution in [0.4, 0.5) is 0 Å². The van der Waals surface area contributed by atoms with E-state index in [0.29, 0.717) is 115 Å². The molecule has 3 heterocycles. The summed E-state index contributed by atoms with van der Waals surface area (Å²) in [5.74, 6) is 0.572. The Morgan fingerprint density at radius 1 is 0.821 bits per heavy atom. The monoisotopic (exact) mass is 1160 g/mol. The highest BCUT2D eigenvalue weighted by atomic mass is 16.5. The molecule has 6 aliphatic rings. The first-order chi connectivity index (χ1) is 40.5. The quantitative estimate of drug-likeness (QED) is 0.0170. The number of fused-ring (bicyclic) bond motifs is 7. The first-order valence-electron chi connectivity index (χ1n) is 32.3. The number of nitrogens with one attached hydrogen (secondary N) is 1. The number of carboxylic acids is 1. The average Bonchev–Trinajstić information content (AvgIpc) is 1.35. The highest BCUT2D eigenvalue weighted by Crippen LogP contribution is 2.67. The van der Waals surface area contributed by atoms with Gasteiger partial charge in [0.05, 0.1) is 23.9 Å². The summed E-state index contributed by atoms with van der Waals surface area (Å²) in [6.45, 7) is 21.5. The van der Waals surface area contributed by atoms with Crippen LogP contribution in [0.1, 0.15) is 172 Å². The van der Waals surface area contributed by atoms with Crippen molar-refractivity contribution in [1.29, 1.82) is 0 Å². The van der Waals surface area contributed by atoms with Crippen LogP contribution in [0.5, 0.6) is 5.75 Å². The lowest BCUT2D eigenvalue weighted by Crippen LogP contribution is -2.78. The summed E-state index contributed by atoms with van der Waals surface area (Å²) < 4.78 is 26.5. The number of carbonyl (C=O) groups excluding carboxylic acids is 1. The van der Waals surface area contributed by atoms with Crippen LogP contribution in [0.2, 0.25) is 0 Å². The van der Waals surface area contributed by atoms with Crippen molar-refractivity contribution in [3.05, 3.63) is 82.5 Å². The Morgan fingerprint density at radius 3 is 2.27 bits per heavy atom. The van der Waals surface area contributed by atoms with Gasteiger partial charge in [0.25, 0.3) is 0 Å². The molecule has 0 radical (unpaired) electrons. The number of nitrogens with two attached hydrogens (primary N) is 4. The van der Waals surface area contributed by atoms with E-state index in [1.807, 2.05) is 6.07 Å². The number of rotatable bonds is 34. The number of carboxylic acid groups (broad SMARTS) is 1. The number of aromatic hydroxyl groups is 1. The number of unbranched alkanes of at least 4 members (excludes halogenated alkanes) is 7. The van der Waals surface area contributed by atoms with Crippen LogP contribution in [0, 0.1) is 29.1 Å². The van der Waals surface area contributed by atoms with Crippen LogP contribution in [-0.4, -0.2) is 133 Å². The average molecular weight is 1160 g/mol. The third kappa shape index (κ3) is 14.6. The molecule has 4 fully saturated rings. The van der Waals surface area contributed by atoms with Gasteiger partial charge in [0.15, 0.2) is 5.43 Å². The predicted octanol–water partition coefficient (Wildman–Crippen LogP) is 10.5. The summed E-state index contributed by atoms with van der Waals surface area (Å²) in [6.07, 6.45) is 19.5. The number of piperidine rings is 2. The number of amides is 1. The number of phenolic OH excluding ortho intramolecular Hbond substituents is 1. The lowest BCUT2D eigenvalue weighted by Gasteiger charge is -2.68. The Balaban J connectivity index is 0.889. The van der Waals surface area contributed by atoms with Crippen molar-refractivity contribution in [3.8, 4) is 28.2 Å². The van der Waals surface area contributed by atoms with Gasteiger partial charge in [-0.25, -0.2) is 4.79 Å². The molecule has 0 bridgehead atoms. The molecule has 0 aromatic heterocycles. The maximum atomic E-state index is 14.2. The molecule has 11 N–H and O–H groups in total. The van der Waals surface area contributed by atoms with Crippen molar-refractivity contribution in [3.63, 3.8) is 0 Å². The molecule has 8 rings (SSSR count). The SMILES string of the molecule is C=C(NCCCCCC(=O)N(CCCCCCCC)CCCC(C)C1CC[C@@]2(N)C3[C@H](OCCCN)CN4C[C@H](OCCCN)CC[C@]4(C)[C@H]3C[C@H](OCCCN)[C@]12C)c1ccc(-c2c3ccc(=O)cc-3oc3cc(O)ccc23)c(C(=O)O)c1. The predicted molar refractivity (Wildman–Crippen MR) is 336 cm³/mol. The second-order valence-corrected chi connectivity index (χ2v) is 25.7. The fourth-order valence-electron chi connectivity index (χ4n) is 15.7. The van der Waals surface area contributed by atoms with Crippen LogP contribution < -0.4 is 33.7 Å². The smallest absolute Gasteiger partial charge is 0.336 e. The third-order valence-electron chi connectivity index (χ3n) is 20.4. The molecule has 2 aromatic rings. The maximum Gasteiger partial charge on any atom is 0.336 e. The Bertz CT molecular complexity index is 2830. The molecule has 3 aliphatic heterocycles. The topological polar surface area (TPSA) is 255 Å². The number of carbonyl (C=O) groups is 2. The first-order valence-corrected chi connectivity index (χ1v) is 32.3. The number of hydrogen-bond donors (Lipinski definition) is 7. The molecular formula is C68H103N7O9. The van der Waals surface area contributed by atoms with Crippen molar-refractivity contribution in [2.24, 2.45) is 52.0 Å². The van der Waals surface area contributed by atoms with Gasteiger partial charge >= 0.3 is 5.97 Å². The van der Waals surface area contributed by atoms with Crippen molar-refractivity contribution in [2.45, 2.75) is 186 Å². The molecule has 84 heavy (non-hydrogen) atoms. The molecule has 2 aromatic carbocycles. The molecule has 16 heteroatoms. The molecular weight excluding hydrogens is 1060 g/mol. The Labute approximate surface area is 500 Å². The largest absolute Gasteiger partial charge is 0.508 e. The molecule has 464 valence electrons. The van der Waals surface area contributed by atoms with Crippen molar-refractivity contribution in [1.82, 2.24) is 15.1 Å². The van der Waals surface area contributed by atoms with Gasteiger partial charge in [-0.2, -0.15) is 0 Å². The molecule has 3 aliphatic carbocycles. The minimum atomic E-state index is -1.12. The van der Waals surface area contributed by atoms with Gasteiger partial charge in [0, 0.05) is 116 Å². The summed E-state index contributed by atoms with van der Waals surface area (Å²) >= 11 is 0. The van der Waals surface area contributed by atoms with Crippen LogP contribution in [0.3, 0.4) is 0 Å². The lowest BCUT2D eigenvalue weighted by molar-refractivity contribution is -0.236. The molecule has 2 saturated carbocycles. The van der Waals surface area contributed by atoms with Gasteiger partial charge in [0.2, 0.25) is 5.91 Å². The maximum absolute atomic E-state index is 14.2. The molecule has 16 nitrogen and oxygen atoms in total. The second-order valence-electron chi connectivity index (χ2n) is 25.7. The van der Waals surface area contributed by atoms with E-state index in [-0.39, 0.29) is 57.8 Å². The van der Waals surface area contributed by atoms with E-state index in [2.05, 4.69) is 49.4 Å². The molecule has 10 atom stereocenters. The fourth-order valence-corrected chi connectivity index (χ4v) is 15.7. The summed E-state index contributed by atoms with van der Waals surface area (Å²) in [6, 6.07) is 14.3. The van der Waals surface area contributed by atoms with Crippen LogP contribution >= 0.6 is 0 Å². The summed E-state index contributed by atoms with van der Waals surface area (Å²) in [5.41, 5.74) is 28.4. The standard InChI is InChI=1S/C68H103N7O9/c1-6-7-8-9-10-14-35-74(62(78)20-12-11-13-34-73-47(3)48-21-24-52(55(40-48)65(79)80)63-53-25-22-49(76)41-58(53)84-59-42-50(77)23-26-54(59)63)36-15-19-46(2)56-28-30-68(72)64-57(43-61(67(56,68)5)83-39-18-33-71)66(4)29-27-51(81-37-16-31-69)44-75(66)45-60(64)82-38-17-32-70/h21-26,40-42,46,51,56-57,60-61,64,73,76H,3,6-20,27-39,43-45,69-72H2,1-2,4-5H3,(H,79,80)/t46?,51-,56?,57+,60-,61+,64?,66-,67+,68-/m1/s1. The van der Waals surface area contributed by atoms with Gasteiger partial charge in [-0.1, -0.05) is 78.0 Å². The van der Waals surface area contributed by atoms with E-state index >= 15 is 0 Å². The van der Waals surface area contributed by atoms with E-state index in [1.165, 1.54) is 49.9 Å². The van der Waals surface area contributed by atoms with Crippen LogP contribution in [-0.2, 0) is 19.0 Å². The number of hydrogen-bond acceptors (Lipinski definition) is 14. The highest BCUT2D eigenvalue weighted by Gasteiger charge is 2.72. The van der Waals surface area contributed by atoms with Gasteiger partial charge in [-0.15, -0.1) is 0 Å². The van der Waals surface area contributed by atoms with E-state index in [1.54, 1.807) is 24.3 Å². The van der Waals surface area contributed by atoms with E-state index in [4.69, 9.17) is 41.6 Å². The lowest BCUT2D eigenvalue weighted by atomic mass is 9.46. The zero-order chi connectivity index (χ0) is 60.0. The van der Waals surface area contributed by atoms with E-state index in [9.17, 15) is 24.6 Å². The van der Waals surface area contributed by atoms with E-state index < -0.39 is 11.5 Å². The Hall–Kier alpha value is -4.91. The van der Waals surface area contributed by atoms with Crippen LogP contribution in [0.25, 0.3) is 39.1 Å². The van der Waals surface area contributed by atoms with Gasteiger partial charge < -0.3 is 62.0 Å². The molecule has 1 amide bonds. The van der Waals surface area contributed by atoms with Crippen molar-refractivity contribution >= 4 is 28.5 Å². The zero-order valence-corrected chi connectivity index (χ0v) is 51.3. The molecule has 3 unspecified atom stereocenters. The van der Waals surface area contributed by atoms with Gasteiger partial charge in [0.1, 0.15) is 17.1 Å². The third-order valence-corrected chi connectivity index (χ3v) is 20.4. The number of phenols is 1. The van der Waals surface area contributed by atoms with Crippen LogP contribution in [0.15, 0.2) is 70.4 Å². The second kappa shape index (κ2) is 30.1. The van der Waals surface area contributed by atoms with Crippen molar-refractivity contribution < 1.29 is 38.4 Å². The van der Waals surface area contributed by atoms with Gasteiger partial charge in [-0.3, -0.25) is 14.5 Å². The highest BCUT2D eigenvalue weighted by molar-refractivity contribution is 6.08. The first kappa shape index (κ1) is 65.1. The summed E-state index contributed by atoms with van der Waals surface area (Å²) in [4.78, 5) is 44.3. The fraction of sp³-hybridized carbons (Fsp3) is 0.662. The van der Waals surface area contributed by atoms with Gasteiger partial charge in [-0.05, 0) is 169 Å². The normalized spacial score (nSPS) is 26.2. The number of aromatic carboxylic acids is 1. The van der Waals surface area contributed by atoms with E-state index in [0.717, 1.165) is 122 Å². The summed E-state index contributed by atoms with van der Waals surface area (Å²) in [7, 11) is 0. The zero-order valence-electron chi connectivity index (χ0n) is 51.3. The Kier molecular flexibility index (Phi) is 23.3. The number of benzene rings is 3. The Morgan fingerprint density at radius 2 is 1.52 bits per heavy atom.